The molecule has 0 aliphatic carbocycles. The Morgan fingerprint density at radius 2 is 1.45 bits per heavy atom. The van der Waals surface area contributed by atoms with Gasteiger partial charge in [-0.1, -0.05) is 42.5 Å². The molecule has 1 heterocycles. The second kappa shape index (κ2) is 13.6. The Labute approximate surface area is 243 Å². The van der Waals surface area contributed by atoms with Gasteiger partial charge in [0.25, 0.3) is 5.91 Å². The lowest BCUT2D eigenvalue weighted by atomic mass is 10.2. The highest BCUT2D eigenvalue weighted by Gasteiger charge is 2.27. The number of carbonyl (C=O) groups is 1. The molecule has 3 aromatic carbocycles. The van der Waals surface area contributed by atoms with E-state index in [0.29, 0.717) is 30.9 Å². The van der Waals surface area contributed by atoms with Crippen LogP contribution in [0, 0.1) is 0 Å². The van der Waals surface area contributed by atoms with E-state index in [1.165, 1.54) is 40.8 Å². The number of anilines is 1. The number of amides is 1. The van der Waals surface area contributed by atoms with E-state index in [1.54, 1.807) is 41.7 Å². The van der Waals surface area contributed by atoms with Crippen LogP contribution in [0.2, 0.25) is 0 Å². The van der Waals surface area contributed by atoms with Crippen LogP contribution in [-0.2, 0) is 31.2 Å². The molecule has 0 saturated carbocycles. The van der Waals surface area contributed by atoms with Gasteiger partial charge in [-0.25, -0.2) is 16.8 Å². The number of benzene rings is 3. The van der Waals surface area contributed by atoms with Crippen molar-refractivity contribution < 1.29 is 21.6 Å². The van der Waals surface area contributed by atoms with Gasteiger partial charge in [0.15, 0.2) is 9.84 Å². The van der Waals surface area contributed by atoms with Gasteiger partial charge in [0.2, 0.25) is 10.0 Å². The summed E-state index contributed by atoms with van der Waals surface area (Å²) < 4.78 is 51.4. The average molecular weight is 604 g/mol. The molecule has 3 aromatic rings. The van der Waals surface area contributed by atoms with Gasteiger partial charge in [-0.15, -0.1) is 12.4 Å². The van der Waals surface area contributed by atoms with Crippen molar-refractivity contribution in [2.24, 2.45) is 0 Å². The predicted molar refractivity (Wildman–Crippen MR) is 161 cm³/mol. The highest BCUT2D eigenvalue weighted by atomic mass is 35.5. The first-order valence-corrected chi connectivity index (χ1v) is 16.0. The summed E-state index contributed by atoms with van der Waals surface area (Å²) in [5, 5.41) is 0. The molecule has 8 nitrogen and oxygen atoms in total. The van der Waals surface area contributed by atoms with Crippen LogP contribution in [0.25, 0.3) is 6.08 Å². The molecule has 1 fully saturated rings. The molecule has 0 N–H and O–H groups in total. The lowest BCUT2D eigenvalue weighted by Crippen LogP contribution is -2.35. The van der Waals surface area contributed by atoms with E-state index in [-0.39, 0.29) is 28.1 Å². The normalized spacial score (nSPS) is 15.3. The highest BCUT2D eigenvalue weighted by Crippen LogP contribution is 2.22. The quantitative estimate of drug-likeness (QED) is 0.360. The van der Waals surface area contributed by atoms with Crippen LogP contribution < -0.4 is 4.90 Å². The van der Waals surface area contributed by atoms with Crippen LogP contribution in [0.3, 0.4) is 0 Å². The minimum atomic E-state index is -3.66. The van der Waals surface area contributed by atoms with Crippen molar-refractivity contribution in [3.63, 3.8) is 0 Å². The third-order valence-corrected chi connectivity index (χ3v) is 9.76. The maximum absolute atomic E-state index is 13.3. The van der Waals surface area contributed by atoms with Gasteiger partial charge in [-0.05, 0) is 66.6 Å². The van der Waals surface area contributed by atoms with E-state index in [0.717, 1.165) is 25.8 Å². The Kier molecular flexibility index (Phi) is 10.7. The number of sulfonamides is 1. The summed E-state index contributed by atoms with van der Waals surface area (Å²) in [5.41, 5.74) is 2.45. The number of rotatable bonds is 8. The molecule has 1 saturated heterocycles. The highest BCUT2D eigenvalue weighted by molar-refractivity contribution is 7.90. The molecule has 1 aliphatic heterocycles. The number of sulfone groups is 1. The van der Waals surface area contributed by atoms with Gasteiger partial charge in [0.1, 0.15) is 0 Å². The number of carbonyl (C=O) groups excluding carboxylic acids is 1. The smallest absolute Gasteiger partial charge is 0.250 e. The molecule has 1 aliphatic rings. The molecule has 0 unspecified atom stereocenters. The maximum atomic E-state index is 13.3. The van der Waals surface area contributed by atoms with Gasteiger partial charge in [-0.3, -0.25) is 9.69 Å². The van der Waals surface area contributed by atoms with Crippen molar-refractivity contribution in [1.82, 2.24) is 9.21 Å². The lowest BCUT2D eigenvalue weighted by molar-refractivity contribution is -0.113. The fourth-order valence-corrected chi connectivity index (χ4v) is 6.51. The molecular weight excluding hydrogens is 570 g/mol. The zero-order valence-corrected chi connectivity index (χ0v) is 25.0. The van der Waals surface area contributed by atoms with Crippen molar-refractivity contribution in [3.8, 4) is 0 Å². The molecule has 11 heteroatoms. The molecule has 214 valence electrons. The Morgan fingerprint density at radius 3 is 2.08 bits per heavy atom. The number of hydrogen-bond donors (Lipinski definition) is 0. The molecule has 1 amide bonds. The average Bonchev–Trinajstić information content (AvgIpc) is 3.18. The molecule has 0 aromatic heterocycles. The summed E-state index contributed by atoms with van der Waals surface area (Å²) in [6, 6.07) is 22.7. The minimum Gasteiger partial charge on any atom is -0.312 e. The lowest BCUT2D eigenvalue weighted by Gasteiger charge is -2.22. The van der Waals surface area contributed by atoms with Crippen LogP contribution >= 0.6 is 12.4 Å². The summed E-state index contributed by atoms with van der Waals surface area (Å²) in [4.78, 5) is 16.8. The number of likely N-dealkylation sites (N-methyl/N-ethyl adjacent to an activating group) is 1. The summed E-state index contributed by atoms with van der Waals surface area (Å²) >= 11 is 0. The molecule has 0 atom stereocenters. The zero-order valence-electron chi connectivity index (χ0n) is 22.5. The van der Waals surface area contributed by atoms with Crippen LogP contribution in [-0.4, -0.2) is 71.4 Å². The first-order valence-electron chi connectivity index (χ1n) is 12.7. The van der Waals surface area contributed by atoms with Gasteiger partial charge >= 0.3 is 0 Å². The van der Waals surface area contributed by atoms with Crippen molar-refractivity contribution in [1.29, 1.82) is 0 Å². The van der Waals surface area contributed by atoms with Crippen LogP contribution in [0.1, 0.15) is 17.5 Å². The molecule has 0 bridgehead atoms. The van der Waals surface area contributed by atoms with Gasteiger partial charge in [-0.2, -0.15) is 4.31 Å². The number of nitrogens with zero attached hydrogens (tertiary/aromatic N) is 3. The van der Waals surface area contributed by atoms with Crippen molar-refractivity contribution >= 4 is 49.9 Å². The predicted octanol–water partition coefficient (Wildman–Crippen LogP) is 4.08. The molecule has 40 heavy (non-hydrogen) atoms. The Hall–Kier alpha value is -3.02. The first-order chi connectivity index (χ1) is 18.5. The molecular formula is C29H34ClN3O5S2. The van der Waals surface area contributed by atoms with E-state index in [2.05, 4.69) is 17.0 Å². The summed E-state index contributed by atoms with van der Waals surface area (Å²) in [5.74, 6) is -0.302. The van der Waals surface area contributed by atoms with E-state index in [4.69, 9.17) is 0 Å². The van der Waals surface area contributed by atoms with Crippen molar-refractivity contribution in [3.05, 3.63) is 96.1 Å². The topological polar surface area (TPSA) is 95.1 Å². The summed E-state index contributed by atoms with van der Waals surface area (Å²) in [7, 11) is -5.33. The SMILES string of the molecule is CN(C(=O)C=Cc1ccc(S(C)(=O)=O)cc1)c1ccc(S(=O)(=O)N2CCCN(Cc3ccccc3)CC2)cc1.Cl. The Morgan fingerprint density at radius 1 is 0.825 bits per heavy atom. The van der Waals surface area contributed by atoms with Crippen molar-refractivity contribution in [2.75, 3.05) is 44.4 Å². The third-order valence-electron chi connectivity index (χ3n) is 6.72. The fraction of sp³-hybridized carbons (Fsp3) is 0.276. The van der Waals surface area contributed by atoms with E-state index >= 15 is 0 Å². The maximum Gasteiger partial charge on any atom is 0.250 e. The summed E-state index contributed by atoms with van der Waals surface area (Å²) in [6.45, 7) is 3.17. The van der Waals surface area contributed by atoms with E-state index < -0.39 is 19.9 Å². The van der Waals surface area contributed by atoms with Crippen LogP contribution in [0.4, 0.5) is 5.69 Å². The van der Waals surface area contributed by atoms with Gasteiger partial charge < -0.3 is 4.90 Å². The van der Waals surface area contributed by atoms with Crippen LogP contribution in [0.5, 0.6) is 0 Å². The monoisotopic (exact) mass is 603 g/mol. The second-order valence-corrected chi connectivity index (χ2v) is 13.5. The molecule has 4 rings (SSSR count). The van der Waals surface area contributed by atoms with E-state index in [9.17, 15) is 21.6 Å². The molecule has 0 spiro atoms. The largest absolute Gasteiger partial charge is 0.312 e. The standard InChI is InChI=1S/C29H33N3O5S2.ClH/c1-30(29(33)18-11-24-9-14-27(15-10-24)38(2,34)35)26-12-16-28(17-13-26)39(36,37)32-20-6-19-31(21-22-32)23-25-7-4-3-5-8-25;/h3-5,7-18H,6,19-23H2,1-2H3;1H. The number of hydrogen-bond acceptors (Lipinski definition) is 6. The molecule has 0 radical (unpaired) electrons. The van der Waals surface area contributed by atoms with E-state index in [1.807, 2.05) is 18.2 Å². The fourth-order valence-electron chi connectivity index (χ4n) is 4.41. The van der Waals surface area contributed by atoms with Crippen LogP contribution in [0.15, 0.2) is 94.7 Å². The summed E-state index contributed by atoms with van der Waals surface area (Å²) in [6.07, 6.45) is 4.88. The Balaban J connectivity index is 0.00000441. The number of halogens is 1. The van der Waals surface area contributed by atoms with Gasteiger partial charge in [0, 0.05) is 51.2 Å². The third kappa shape index (κ3) is 8.02. The zero-order chi connectivity index (χ0) is 28.0. The minimum absolute atomic E-state index is 0. The Bertz CT molecular complexity index is 1530. The van der Waals surface area contributed by atoms with Crippen molar-refractivity contribution in [2.45, 2.75) is 22.8 Å². The van der Waals surface area contributed by atoms with Gasteiger partial charge in [0.05, 0.1) is 9.79 Å². The second-order valence-electron chi connectivity index (χ2n) is 9.59. The first kappa shape index (κ1) is 31.5.